The first kappa shape index (κ1) is 25.0. The smallest absolute Gasteiger partial charge is 0.144 e. The third-order valence-corrected chi connectivity index (χ3v) is 6.16. The number of H-pyrrole nitrogens is 3. The van der Waals surface area contributed by atoms with Crippen molar-refractivity contribution in [1.29, 1.82) is 0 Å². The van der Waals surface area contributed by atoms with Gasteiger partial charge in [0, 0.05) is 23.0 Å². The molecular formula is C29H43N3O. The van der Waals surface area contributed by atoms with Gasteiger partial charge < -0.3 is 19.7 Å². The molecule has 0 spiro atoms. The molecule has 0 unspecified atom stereocenters. The van der Waals surface area contributed by atoms with Crippen LogP contribution in [0.2, 0.25) is 0 Å². The van der Waals surface area contributed by atoms with E-state index in [4.69, 9.17) is 4.74 Å². The van der Waals surface area contributed by atoms with E-state index in [1.807, 2.05) is 12.3 Å². The molecule has 33 heavy (non-hydrogen) atoms. The number of unbranched alkanes of at least 4 members (excludes halogenated alkanes) is 10. The molecule has 3 rings (SSSR count). The molecule has 3 aromatic heterocycles. The van der Waals surface area contributed by atoms with Crippen molar-refractivity contribution in [2.75, 3.05) is 6.61 Å². The molecule has 0 saturated carbocycles. The Labute approximate surface area is 199 Å². The van der Waals surface area contributed by atoms with Crippen molar-refractivity contribution >= 4 is 12.2 Å². The summed E-state index contributed by atoms with van der Waals surface area (Å²) in [7, 11) is 0. The van der Waals surface area contributed by atoms with Gasteiger partial charge in [-0.05, 0) is 49.6 Å². The van der Waals surface area contributed by atoms with Crippen molar-refractivity contribution in [2.24, 2.45) is 0 Å². The standard InChI is InChI=1S/C29H43N3O/c1-3-5-7-8-9-10-11-12-13-16-24-18-19-25(31-24)22-28-29(33-21-14-6-4-2)23-27(32-28)26-17-15-20-30-26/h15-20,22-23,30-32H,3-14,21H2,1-2H3. The molecule has 0 aliphatic carbocycles. The fourth-order valence-electron chi connectivity index (χ4n) is 4.18. The second-order valence-electron chi connectivity index (χ2n) is 9.08. The first-order valence-electron chi connectivity index (χ1n) is 13.2. The first-order valence-corrected chi connectivity index (χ1v) is 13.2. The molecule has 3 heterocycles. The molecule has 4 nitrogen and oxygen atoms in total. The monoisotopic (exact) mass is 449 g/mol. The summed E-state index contributed by atoms with van der Waals surface area (Å²) in [6.45, 7) is 5.24. The highest BCUT2D eigenvalue weighted by atomic mass is 16.5. The third kappa shape index (κ3) is 8.68. The van der Waals surface area contributed by atoms with Crippen LogP contribution in [-0.4, -0.2) is 21.6 Å². The molecule has 4 heteroatoms. The SMILES string of the molecule is CCCCCCCCCCC=c1ccc(=Cc2[nH]c(-c3ccc[nH]3)cc2OCCCCC)[nH]1. The lowest BCUT2D eigenvalue weighted by molar-refractivity contribution is 0.306. The highest BCUT2D eigenvalue weighted by molar-refractivity contribution is 5.65. The van der Waals surface area contributed by atoms with E-state index in [1.54, 1.807) is 0 Å². The Morgan fingerprint density at radius 2 is 1.48 bits per heavy atom. The molecule has 0 bridgehead atoms. The molecule has 0 saturated heterocycles. The van der Waals surface area contributed by atoms with Crippen LogP contribution in [0.25, 0.3) is 23.5 Å². The second kappa shape index (κ2) is 14.5. The normalized spacial score (nSPS) is 12.7. The van der Waals surface area contributed by atoms with Crippen molar-refractivity contribution < 1.29 is 4.74 Å². The van der Waals surface area contributed by atoms with Gasteiger partial charge in [0.15, 0.2) is 0 Å². The Morgan fingerprint density at radius 1 is 0.758 bits per heavy atom. The summed E-state index contributed by atoms with van der Waals surface area (Å²) >= 11 is 0. The highest BCUT2D eigenvalue weighted by Gasteiger charge is 2.10. The van der Waals surface area contributed by atoms with Crippen molar-refractivity contribution in [2.45, 2.75) is 90.9 Å². The number of aromatic nitrogens is 3. The molecule has 3 N–H and O–H groups in total. The van der Waals surface area contributed by atoms with E-state index in [0.29, 0.717) is 0 Å². The minimum atomic E-state index is 0.749. The minimum Gasteiger partial charge on any atom is -0.491 e. The van der Waals surface area contributed by atoms with Gasteiger partial charge in [0.25, 0.3) is 0 Å². The lowest BCUT2D eigenvalue weighted by Gasteiger charge is -2.04. The van der Waals surface area contributed by atoms with E-state index in [-0.39, 0.29) is 0 Å². The summed E-state index contributed by atoms with van der Waals surface area (Å²) in [5, 5.41) is 2.29. The fourth-order valence-corrected chi connectivity index (χ4v) is 4.18. The van der Waals surface area contributed by atoms with E-state index in [0.717, 1.165) is 47.6 Å². The zero-order valence-electron chi connectivity index (χ0n) is 20.7. The minimum absolute atomic E-state index is 0.749. The van der Waals surface area contributed by atoms with Crippen molar-refractivity contribution in [3.63, 3.8) is 0 Å². The summed E-state index contributed by atoms with van der Waals surface area (Å²) < 4.78 is 6.13. The summed E-state index contributed by atoms with van der Waals surface area (Å²) in [5.41, 5.74) is 3.12. The van der Waals surface area contributed by atoms with Crippen molar-refractivity contribution in [3.8, 4) is 17.1 Å². The van der Waals surface area contributed by atoms with E-state index in [2.05, 4.69) is 65.2 Å². The van der Waals surface area contributed by atoms with E-state index in [9.17, 15) is 0 Å². The van der Waals surface area contributed by atoms with Gasteiger partial charge in [-0.25, -0.2) is 0 Å². The Hall–Kier alpha value is -2.62. The quantitative estimate of drug-likeness (QED) is 0.202. The Bertz CT molecular complexity index is 1010. The highest BCUT2D eigenvalue weighted by Crippen LogP contribution is 2.27. The van der Waals surface area contributed by atoms with Crippen LogP contribution in [-0.2, 0) is 0 Å². The molecule has 3 aromatic rings. The van der Waals surface area contributed by atoms with Crippen molar-refractivity contribution in [3.05, 3.63) is 52.9 Å². The maximum absolute atomic E-state index is 6.13. The average molecular weight is 450 g/mol. The predicted octanol–water partition coefficient (Wildman–Crippen LogP) is 7.05. The molecule has 0 atom stereocenters. The molecular weight excluding hydrogens is 406 g/mol. The van der Waals surface area contributed by atoms with Gasteiger partial charge >= 0.3 is 0 Å². The summed E-state index contributed by atoms with van der Waals surface area (Å²) in [6, 6.07) is 10.5. The molecule has 0 aliphatic rings. The van der Waals surface area contributed by atoms with Crippen LogP contribution >= 0.6 is 0 Å². The Morgan fingerprint density at radius 3 is 2.24 bits per heavy atom. The summed E-state index contributed by atoms with van der Waals surface area (Å²) in [6.07, 6.45) is 22.0. The zero-order valence-corrected chi connectivity index (χ0v) is 20.7. The van der Waals surface area contributed by atoms with Crippen LogP contribution in [0.4, 0.5) is 0 Å². The van der Waals surface area contributed by atoms with E-state index < -0.39 is 0 Å². The number of rotatable bonds is 16. The third-order valence-electron chi connectivity index (χ3n) is 6.16. The van der Waals surface area contributed by atoms with Crippen LogP contribution < -0.4 is 15.4 Å². The molecule has 180 valence electrons. The fraction of sp³-hybridized carbons (Fsp3) is 0.517. The number of ether oxygens (including phenoxy) is 1. The predicted molar refractivity (Wildman–Crippen MR) is 141 cm³/mol. The molecule has 0 aliphatic heterocycles. The van der Waals surface area contributed by atoms with Gasteiger partial charge in [-0.1, -0.05) is 77.7 Å². The first-order chi connectivity index (χ1) is 16.3. The van der Waals surface area contributed by atoms with Gasteiger partial charge in [0.05, 0.1) is 23.7 Å². The number of aromatic amines is 3. The van der Waals surface area contributed by atoms with Crippen LogP contribution in [0.15, 0.2) is 36.5 Å². The van der Waals surface area contributed by atoms with E-state index >= 15 is 0 Å². The van der Waals surface area contributed by atoms with Crippen LogP contribution in [0.5, 0.6) is 5.75 Å². The molecule has 0 amide bonds. The zero-order chi connectivity index (χ0) is 23.1. The maximum atomic E-state index is 6.13. The van der Waals surface area contributed by atoms with Gasteiger partial charge in [-0.2, -0.15) is 0 Å². The second-order valence-corrected chi connectivity index (χ2v) is 9.08. The molecule has 0 fully saturated rings. The Balaban J connectivity index is 1.58. The van der Waals surface area contributed by atoms with Crippen LogP contribution in [0, 0.1) is 0 Å². The van der Waals surface area contributed by atoms with Gasteiger partial charge in [0.2, 0.25) is 0 Å². The molecule has 0 aromatic carbocycles. The van der Waals surface area contributed by atoms with E-state index in [1.165, 1.54) is 69.6 Å². The summed E-state index contributed by atoms with van der Waals surface area (Å²) in [4.78, 5) is 10.3. The summed E-state index contributed by atoms with van der Waals surface area (Å²) in [5.74, 6) is 0.912. The lowest BCUT2D eigenvalue weighted by atomic mass is 10.1. The topological polar surface area (TPSA) is 56.6 Å². The van der Waals surface area contributed by atoms with Crippen LogP contribution in [0.1, 0.15) is 96.6 Å². The number of hydrogen-bond acceptors (Lipinski definition) is 1. The van der Waals surface area contributed by atoms with Crippen LogP contribution in [0.3, 0.4) is 0 Å². The van der Waals surface area contributed by atoms with Gasteiger partial charge in [-0.3, -0.25) is 0 Å². The molecule has 0 radical (unpaired) electrons. The van der Waals surface area contributed by atoms with Crippen molar-refractivity contribution in [1.82, 2.24) is 15.0 Å². The van der Waals surface area contributed by atoms with Gasteiger partial charge in [-0.15, -0.1) is 0 Å². The van der Waals surface area contributed by atoms with Gasteiger partial charge in [0.1, 0.15) is 5.75 Å². The lowest BCUT2D eigenvalue weighted by Crippen LogP contribution is -2.09. The maximum Gasteiger partial charge on any atom is 0.144 e. The number of nitrogens with one attached hydrogen (secondary N) is 3. The Kier molecular flexibility index (Phi) is 11.0. The number of hydrogen-bond donors (Lipinski definition) is 3. The average Bonchev–Trinajstić information content (AvgIpc) is 3.58. The largest absolute Gasteiger partial charge is 0.491 e.